The normalized spacial score (nSPS) is 26.5. The van der Waals surface area contributed by atoms with Crippen molar-refractivity contribution in [2.24, 2.45) is 5.92 Å². The average molecular weight is 240 g/mol. The zero-order valence-corrected chi connectivity index (χ0v) is 11.5. The van der Waals surface area contributed by atoms with Crippen molar-refractivity contribution in [3.8, 4) is 0 Å². The molecule has 2 aliphatic rings. The van der Waals surface area contributed by atoms with E-state index in [1.807, 2.05) is 0 Å². The number of nitrogens with one attached hydrogen (secondary N) is 1. The van der Waals surface area contributed by atoms with Crippen LogP contribution in [0.25, 0.3) is 0 Å². The monoisotopic (exact) mass is 240 g/mol. The third-order valence-corrected chi connectivity index (χ3v) is 4.02. The van der Waals surface area contributed by atoms with E-state index >= 15 is 0 Å². The molecule has 100 valence electrons. The second-order valence-corrected chi connectivity index (χ2v) is 6.24. The average Bonchev–Trinajstić information content (AvgIpc) is 2.76. The van der Waals surface area contributed by atoms with Gasteiger partial charge in [0.25, 0.3) is 0 Å². The predicted molar refractivity (Wildman–Crippen MR) is 71.3 cm³/mol. The highest BCUT2D eigenvalue weighted by Crippen LogP contribution is 2.23. The number of morpholine rings is 1. The summed E-state index contributed by atoms with van der Waals surface area (Å²) in [6.07, 6.45) is 5.78. The minimum absolute atomic E-state index is 0.0453. The minimum Gasteiger partial charge on any atom is -0.373 e. The van der Waals surface area contributed by atoms with E-state index in [-0.39, 0.29) is 5.60 Å². The fraction of sp³-hybridized carbons (Fsp3) is 1.00. The van der Waals surface area contributed by atoms with Gasteiger partial charge in [0.15, 0.2) is 0 Å². The van der Waals surface area contributed by atoms with Gasteiger partial charge in [-0.3, -0.25) is 4.90 Å². The molecule has 0 aromatic heterocycles. The molecule has 1 aliphatic heterocycles. The van der Waals surface area contributed by atoms with Crippen molar-refractivity contribution < 1.29 is 4.74 Å². The lowest BCUT2D eigenvalue weighted by atomic mass is 10.1. The summed E-state index contributed by atoms with van der Waals surface area (Å²) in [5.74, 6) is 0.955. The minimum atomic E-state index is 0.0453. The smallest absolute Gasteiger partial charge is 0.0753 e. The highest BCUT2D eigenvalue weighted by atomic mass is 16.5. The summed E-state index contributed by atoms with van der Waals surface area (Å²) in [4.78, 5) is 2.52. The summed E-state index contributed by atoms with van der Waals surface area (Å²) in [5.41, 5.74) is 0.0453. The van der Waals surface area contributed by atoms with Crippen molar-refractivity contribution in [2.75, 3.05) is 39.3 Å². The molecule has 0 radical (unpaired) electrons. The van der Waals surface area contributed by atoms with Crippen molar-refractivity contribution in [1.29, 1.82) is 0 Å². The van der Waals surface area contributed by atoms with E-state index in [0.29, 0.717) is 0 Å². The van der Waals surface area contributed by atoms with Crippen molar-refractivity contribution in [3.05, 3.63) is 0 Å². The van der Waals surface area contributed by atoms with Crippen molar-refractivity contribution >= 4 is 0 Å². The summed E-state index contributed by atoms with van der Waals surface area (Å²) >= 11 is 0. The molecule has 17 heavy (non-hydrogen) atoms. The molecule has 0 amide bonds. The van der Waals surface area contributed by atoms with Crippen LogP contribution in [0.2, 0.25) is 0 Å². The van der Waals surface area contributed by atoms with Gasteiger partial charge in [-0.1, -0.05) is 12.8 Å². The molecule has 3 heteroatoms. The van der Waals surface area contributed by atoms with Crippen LogP contribution in [-0.2, 0) is 4.74 Å². The molecule has 1 saturated heterocycles. The van der Waals surface area contributed by atoms with Crippen LogP contribution in [0.15, 0.2) is 0 Å². The van der Waals surface area contributed by atoms with Crippen LogP contribution in [-0.4, -0.2) is 49.8 Å². The molecule has 1 heterocycles. The lowest BCUT2D eigenvalue weighted by Gasteiger charge is -2.38. The van der Waals surface area contributed by atoms with Crippen LogP contribution in [0.5, 0.6) is 0 Å². The molecule has 1 saturated carbocycles. The summed E-state index contributed by atoms with van der Waals surface area (Å²) in [5, 5.41) is 3.62. The maximum Gasteiger partial charge on any atom is 0.0753 e. The zero-order chi connectivity index (χ0) is 12.1. The van der Waals surface area contributed by atoms with Crippen LogP contribution in [0.3, 0.4) is 0 Å². The molecule has 2 rings (SSSR count). The lowest BCUT2D eigenvalue weighted by molar-refractivity contribution is -0.0854. The van der Waals surface area contributed by atoms with E-state index in [4.69, 9.17) is 4.74 Å². The standard InChI is InChI=1S/C14H28N2O/c1-14(2)12-16(9-10-17-14)8-7-15-11-13-5-3-4-6-13/h13,15H,3-12H2,1-2H3. The first-order valence-electron chi connectivity index (χ1n) is 7.23. The van der Waals surface area contributed by atoms with Crippen LogP contribution < -0.4 is 5.32 Å². The zero-order valence-electron chi connectivity index (χ0n) is 11.5. The Balaban J connectivity index is 1.55. The maximum atomic E-state index is 5.72. The number of hydrogen-bond acceptors (Lipinski definition) is 3. The summed E-state index contributed by atoms with van der Waals surface area (Å²) in [7, 11) is 0. The summed E-state index contributed by atoms with van der Waals surface area (Å²) in [6.45, 7) is 10.9. The molecule has 0 aromatic carbocycles. The van der Waals surface area contributed by atoms with E-state index in [1.165, 1.54) is 38.8 Å². The largest absolute Gasteiger partial charge is 0.373 e. The fourth-order valence-electron chi connectivity index (χ4n) is 3.06. The molecule has 0 spiro atoms. The SMILES string of the molecule is CC1(C)CN(CCNCC2CCCC2)CCO1. The van der Waals surface area contributed by atoms with E-state index < -0.39 is 0 Å². The van der Waals surface area contributed by atoms with Gasteiger partial charge in [-0.15, -0.1) is 0 Å². The quantitative estimate of drug-likeness (QED) is 0.743. The Bertz CT molecular complexity index is 224. The Kier molecular flexibility index (Phi) is 4.83. The Labute approximate surface area is 106 Å². The predicted octanol–water partition coefficient (Wildman–Crippen LogP) is 1.88. The third kappa shape index (κ3) is 4.57. The summed E-state index contributed by atoms with van der Waals surface area (Å²) < 4.78 is 5.72. The second kappa shape index (κ2) is 6.17. The van der Waals surface area contributed by atoms with E-state index in [2.05, 4.69) is 24.1 Å². The molecule has 0 aromatic rings. The van der Waals surface area contributed by atoms with Gasteiger partial charge in [0, 0.05) is 26.2 Å². The van der Waals surface area contributed by atoms with Gasteiger partial charge >= 0.3 is 0 Å². The van der Waals surface area contributed by atoms with Crippen molar-refractivity contribution in [1.82, 2.24) is 10.2 Å². The van der Waals surface area contributed by atoms with Crippen LogP contribution in [0.4, 0.5) is 0 Å². The van der Waals surface area contributed by atoms with Crippen LogP contribution >= 0.6 is 0 Å². The lowest BCUT2D eigenvalue weighted by Crippen LogP contribution is -2.50. The molecule has 0 bridgehead atoms. The van der Waals surface area contributed by atoms with Gasteiger partial charge in [0.05, 0.1) is 12.2 Å². The van der Waals surface area contributed by atoms with Gasteiger partial charge in [0.1, 0.15) is 0 Å². The Morgan fingerprint density at radius 2 is 2.06 bits per heavy atom. The van der Waals surface area contributed by atoms with Gasteiger partial charge in [-0.2, -0.15) is 0 Å². The van der Waals surface area contributed by atoms with Gasteiger partial charge < -0.3 is 10.1 Å². The number of nitrogens with zero attached hydrogens (tertiary/aromatic N) is 1. The number of ether oxygens (including phenoxy) is 1. The van der Waals surface area contributed by atoms with Crippen LogP contribution in [0.1, 0.15) is 39.5 Å². The second-order valence-electron chi connectivity index (χ2n) is 6.24. The first-order chi connectivity index (χ1) is 8.16. The van der Waals surface area contributed by atoms with Gasteiger partial charge in [-0.05, 0) is 39.2 Å². The van der Waals surface area contributed by atoms with Gasteiger partial charge in [0.2, 0.25) is 0 Å². The Morgan fingerprint density at radius 3 is 2.76 bits per heavy atom. The third-order valence-electron chi connectivity index (χ3n) is 4.02. The molecule has 1 N–H and O–H groups in total. The highest BCUT2D eigenvalue weighted by Gasteiger charge is 2.26. The van der Waals surface area contributed by atoms with E-state index in [1.54, 1.807) is 0 Å². The van der Waals surface area contributed by atoms with Gasteiger partial charge in [-0.25, -0.2) is 0 Å². The molecule has 0 atom stereocenters. The van der Waals surface area contributed by atoms with E-state index in [9.17, 15) is 0 Å². The molecule has 2 fully saturated rings. The van der Waals surface area contributed by atoms with Crippen molar-refractivity contribution in [2.45, 2.75) is 45.1 Å². The first-order valence-corrected chi connectivity index (χ1v) is 7.23. The number of hydrogen-bond donors (Lipinski definition) is 1. The Hall–Kier alpha value is -0.120. The van der Waals surface area contributed by atoms with Crippen LogP contribution in [0, 0.1) is 5.92 Å². The summed E-state index contributed by atoms with van der Waals surface area (Å²) in [6, 6.07) is 0. The first kappa shape index (κ1) is 13.3. The molecule has 1 aliphatic carbocycles. The molecular weight excluding hydrogens is 212 g/mol. The van der Waals surface area contributed by atoms with E-state index in [0.717, 1.165) is 32.2 Å². The van der Waals surface area contributed by atoms with Crippen molar-refractivity contribution in [3.63, 3.8) is 0 Å². The number of rotatable bonds is 5. The molecule has 3 nitrogen and oxygen atoms in total. The molecular formula is C14H28N2O. The Morgan fingerprint density at radius 1 is 1.29 bits per heavy atom. The molecule has 0 unspecified atom stereocenters. The maximum absolute atomic E-state index is 5.72. The topological polar surface area (TPSA) is 24.5 Å². The highest BCUT2D eigenvalue weighted by molar-refractivity contribution is 4.79. The fourth-order valence-corrected chi connectivity index (χ4v) is 3.06.